The third-order valence-electron chi connectivity index (χ3n) is 4.95. The smallest absolute Gasteiger partial charge is 0.251 e. The van der Waals surface area contributed by atoms with Crippen LogP contribution in [0.25, 0.3) is 0 Å². The molecule has 0 radical (unpaired) electrons. The van der Waals surface area contributed by atoms with Crippen LogP contribution in [0.15, 0.2) is 30.3 Å². The van der Waals surface area contributed by atoms with Gasteiger partial charge in [-0.15, -0.1) is 0 Å². The van der Waals surface area contributed by atoms with Gasteiger partial charge in [0.15, 0.2) is 0 Å². The second kappa shape index (κ2) is 6.48. The maximum Gasteiger partial charge on any atom is 0.251 e. The van der Waals surface area contributed by atoms with E-state index in [4.69, 9.17) is 0 Å². The van der Waals surface area contributed by atoms with E-state index in [1.807, 2.05) is 23.1 Å². The van der Waals surface area contributed by atoms with Crippen molar-refractivity contribution in [2.45, 2.75) is 19.3 Å². The molecule has 2 aliphatic heterocycles. The molecule has 2 heterocycles. The number of likely N-dealkylation sites (tertiary alicyclic amines) is 1. The molecular weight excluding hydrogens is 278 g/mol. The summed E-state index contributed by atoms with van der Waals surface area (Å²) in [6, 6.07) is 8.99. The van der Waals surface area contributed by atoms with Crippen molar-refractivity contribution in [2.75, 3.05) is 32.7 Å². The van der Waals surface area contributed by atoms with Crippen LogP contribution < -0.4 is 10.6 Å². The first-order valence-electron chi connectivity index (χ1n) is 8.00. The van der Waals surface area contributed by atoms with Gasteiger partial charge in [-0.3, -0.25) is 9.59 Å². The molecule has 2 fully saturated rings. The van der Waals surface area contributed by atoms with E-state index >= 15 is 0 Å². The minimum absolute atomic E-state index is 0.0186. The van der Waals surface area contributed by atoms with Crippen LogP contribution >= 0.6 is 0 Å². The third-order valence-corrected chi connectivity index (χ3v) is 4.95. The van der Waals surface area contributed by atoms with Crippen LogP contribution in [-0.2, 0) is 4.79 Å². The number of hydrogen-bond donors (Lipinski definition) is 2. The molecule has 0 bridgehead atoms. The number of nitrogens with zero attached hydrogens (tertiary/aromatic N) is 1. The topological polar surface area (TPSA) is 61.4 Å². The molecule has 0 saturated carbocycles. The number of amides is 2. The largest absolute Gasteiger partial charge is 0.343 e. The van der Waals surface area contributed by atoms with Crippen molar-refractivity contribution in [1.29, 1.82) is 0 Å². The maximum atomic E-state index is 12.2. The summed E-state index contributed by atoms with van der Waals surface area (Å²) in [4.78, 5) is 26.1. The van der Waals surface area contributed by atoms with Crippen molar-refractivity contribution in [2.24, 2.45) is 5.41 Å². The first-order chi connectivity index (χ1) is 10.7. The highest BCUT2D eigenvalue weighted by Crippen LogP contribution is 2.36. The highest BCUT2D eigenvalue weighted by atomic mass is 16.2. The number of piperidine rings is 1. The summed E-state index contributed by atoms with van der Waals surface area (Å²) in [5.41, 5.74) is 0.995. The van der Waals surface area contributed by atoms with Crippen LogP contribution in [0.4, 0.5) is 0 Å². The standard InChI is InChI=1S/C17H23N3O2/c21-15(12-19-16(22)14-4-2-1-3-5-14)20-10-7-17(8-11-20)6-9-18-13-17/h1-5,18H,6-13H2,(H,19,22). The molecule has 2 amide bonds. The Balaban J connectivity index is 1.46. The first kappa shape index (κ1) is 15.0. The Morgan fingerprint density at radius 3 is 2.50 bits per heavy atom. The van der Waals surface area contributed by atoms with Crippen LogP contribution in [0.5, 0.6) is 0 Å². The summed E-state index contributed by atoms with van der Waals surface area (Å²) in [5.74, 6) is -0.174. The minimum Gasteiger partial charge on any atom is -0.343 e. The normalized spacial score (nSPS) is 20.1. The van der Waals surface area contributed by atoms with Crippen LogP contribution in [-0.4, -0.2) is 49.4 Å². The lowest BCUT2D eigenvalue weighted by molar-refractivity contribution is -0.132. The summed E-state index contributed by atoms with van der Waals surface area (Å²) in [5, 5.41) is 6.14. The lowest BCUT2D eigenvalue weighted by Gasteiger charge is -2.38. The van der Waals surface area contributed by atoms with E-state index in [1.54, 1.807) is 12.1 Å². The van der Waals surface area contributed by atoms with Gasteiger partial charge in [-0.2, -0.15) is 0 Å². The van der Waals surface area contributed by atoms with Gasteiger partial charge in [0.1, 0.15) is 0 Å². The molecule has 2 aliphatic rings. The summed E-state index contributed by atoms with van der Waals surface area (Å²) in [6.45, 7) is 3.88. The minimum atomic E-state index is -0.192. The lowest BCUT2D eigenvalue weighted by Crippen LogP contribution is -2.47. The zero-order valence-electron chi connectivity index (χ0n) is 12.8. The van der Waals surface area contributed by atoms with Crippen LogP contribution in [0.3, 0.4) is 0 Å². The number of carbonyl (C=O) groups excluding carboxylic acids is 2. The van der Waals surface area contributed by atoms with Crippen LogP contribution in [0.1, 0.15) is 29.6 Å². The summed E-state index contributed by atoms with van der Waals surface area (Å²) < 4.78 is 0. The molecule has 2 N–H and O–H groups in total. The summed E-state index contributed by atoms with van der Waals surface area (Å²) in [7, 11) is 0. The van der Waals surface area contributed by atoms with Gasteiger partial charge in [-0.05, 0) is 43.4 Å². The van der Waals surface area contributed by atoms with E-state index in [9.17, 15) is 9.59 Å². The molecule has 5 nitrogen and oxygen atoms in total. The quantitative estimate of drug-likeness (QED) is 0.876. The predicted molar refractivity (Wildman–Crippen MR) is 84.5 cm³/mol. The van der Waals surface area contributed by atoms with E-state index in [2.05, 4.69) is 10.6 Å². The maximum absolute atomic E-state index is 12.2. The van der Waals surface area contributed by atoms with E-state index in [0.29, 0.717) is 11.0 Å². The highest BCUT2D eigenvalue weighted by Gasteiger charge is 2.37. The predicted octanol–water partition coefficient (Wildman–Crippen LogP) is 1.02. The van der Waals surface area contributed by atoms with E-state index in [0.717, 1.165) is 39.0 Å². The SMILES string of the molecule is O=C(NCC(=O)N1CCC2(CCNC2)CC1)c1ccccc1. The number of nitrogens with one attached hydrogen (secondary N) is 2. The number of benzene rings is 1. The van der Waals surface area contributed by atoms with E-state index in [1.165, 1.54) is 6.42 Å². The summed E-state index contributed by atoms with van der Waals surface area (Å²) in [6.07, 6.45) is 3.36. The fourth-order valence-electron chi connectivity index (χ4n) is 3.41. The van der Waals surface area contributed by atoms with Gasteiger partial charge in [0, 0.05) is 25.2 Å². The number of carbonyl (C=O) groups is 2. The molecule has 0 aromatic heterocycles. The molecule has 1 aromatic rings. The van der Waals surface area contributed by atoms with Crippen molar-refractivity contribution in [3.05, 3.63) is 35.9 Å². The third kappa shape index (κ3) is 3.30. The van der Waals surface area contributed by atoms with Gasteiger partial charge in [-0.1, -0.05) is 18.2 Å². The summed E-state index contributed by atoms with van der Waals surface area (Å²) >= 11 is 0. The number of hydrogen-bond acceptors (Lipinski definition) is 3. The van der Waals surface area contributed by atoms with E-state index in [-0.39, 0.29) is 18.4 Å². The average Bonchev–Trinajstić information content (AvgIpc) is 3.02. The monoisotopic (exact) mass is 301 g/mol. The zero-order chi connectivity index (χ0) is 15.4. The van der Waals surface area contributed by atoms with Crippen molar-refractivity contribution in [3.63, 3.8) is 0 Å². The van der Waals surface area contributed by atoms with Gasteiger partial charge in [-0.25, -0.2) is 0 Å². The van der Waals surface area contributed by atoms with Gasteiger partial charge in [0.05, 0.1) is 6.54 Å². The molecular formula is C17H23N3O2. The molecule has 0 atom stereocenters. The molecule has 0 aliphatic carbocycles. The van der Waals surface area contributed by atoms with Gasteiger partial charge in [0.25, 0.3) is 5.91 Å². The molecule has 5 heteroatoms. The van der Waals surface area contributed by atoms with Gasteiger partial charge < -0.3 is 15.5 Å². The van der Waals surface area contributed by atoms with Crippen molar-refractivity contribution >= 4 is 11.8 Å². The average molecular weight is 301 g/mol. The van der Waals surface area contributed by atoms with Crippen molar-refractivity contribution in [1.82, 2.24) is 15.5 Å². The molecule has 1 aromatic carbocycles. The fraction of sp³-hybridized carbons (Fsp3) is 0.529. The Bertz CT molecular complexity index is 528. The fourth-order valence-corrected chi connectivity index (χ4v) is 3.41. The second-order valence-electron chi connectivity index (χ2n) is 6.36. The first-order valence-corrected chi connectivity index (χ1v) is 8.00. The Morgan fingerprint density at radius 1 is 1.14 bits per heavy atom. The van der Waals surface area contributed by atoms with Crippen LogP contribution in [0.2, 0.25) is 0 Å². The Kier molecular flexibility index (Phi) is 4.43. The molecule has 0 unspecified atom stereocenters. The van der Waals surface area contributed by atoms with Crippen LogP contribution in [0, 0.1) is 5.41 Å². The Hall–Kier alpha value is -1.88. The molecule has 3 rings (SSSR count). The molecule has 2 saturated heterocycles. The van der Waals surface area contributed by atoms with Crippen molar-refractivity contribution < 1.29 is 9.59 Å². The number of rotatable bonds is 3. The Morgan fingerprint density at radius 2 is 1.86 bits per heavy atom. The molecule has 22 heavy (non-hydrogen) atoms. The lowest BCUT2D eigenvalue weighted by atomic mass is 9.78. The molecule has 118 valence electrons. The Labute approximate surface area is 131 Å². The highest BCUT2D eigenvalue weighted by molar-refractivity contribution is 5.96. The van der Waals surface area contributed by atoms with Gasteiger partial charge >= 0.3 is 0 Å². The zero-order valence-corrected chi connectivity index (χ0v) is 12.8. The van der Waals surface area contributed by atoms with Crippen molar-refractivity contribution in [3.8, 4) is 0 Å². The van der Waals surface area contributed by atoms with Gasteiger partial charge in [0.2, 0.25) is 5.91 Å². The molecule has 1 spiro atoms. The second-order valence-corrected chi connectivity index (χ2v) is 6.36. The van der Waals surface area contributed by atoms with E-state index < -0.39 is 0 Å².